The molecule has 1 aromatic carbocycles. The van der Waals surface area contributed by atoms with E-state index in [2.05, 4.69) is 15.4 Å². The number of halogens is 1. The van der Waals surface area contributed by atoms with Crippen LogP contribution in [0, 0.1) is 5.82 Å². The van der Waals surface area contributed by atoms with E-state index < -0.39 is 0 Å². The Hall–Kier alpha value is -3.04. The lowest BCUT2D eigenvalue weighted by atomic mass is 10.2. The third kappa shape index (κ3) is 4.13. The molecule has 0 N–H and O–H groups in total. The summed E-state index contributed by atoms with van der Waals surface area (Å²) in [7, 11) is 0. The van der Waals surface area contributed by atoms with Crippen molar-refractivity contribution in [3.8, 4) is 11.4 Å². The molecule has 2 aromatic rings. The Labute approximate surface area is 149 Å². The molecular weight excluding hydrogens is 343 g/mol. The van der Waals surface area contributed by atoms with Crippen LogP contribution >= 0.6 is 0 Å². The lowest BCUT2D eigenvalue weighted by molar-refractivity contribution is -0.133. The van der Waals surface area contributed by atoms with Gasteiger partial charge in [0.1, 0.15) is 12.4 Å². The molecular formula is C16H19FN6O3. The van der Waals surface area contributed by atoms with Gasteiger partial charge >= 0.3 is 6.09 Å². The molecule has 9 nitrogen and oxygen atoms in total. The van der Waals surface area contributed by atoms with Crippen LogP contribution in [0.3, 0.4) is 0 Å². The zero-order chi connectivity index (χ0) is 18.5. The van der Waals surface area contributed by atoms with E-state index in [1.54, 1.807) is 28.9 Å². The summed E-state index contributed by atoms with van der Waals surface area (Å²) < 4.78 is 17.9. The molecule has 1 aliphatic heterocycles. The first-order chi connectivity index (χ1) is 12.6. The van der Waals surface area contributed by atoms with Gasteiger partial charge in [-0.05, 0) is 36.4 Å². The summed E-state index contributed by atoms with van der Waals surface area (Å²) in [6, 6.07) is 5.72. The van der Waals surface area contributed by atoms with Crippen molar-refractivity contribution >= 4 is 12.0 Å². The zero-order valence-electron chi connectivity index (χ0n) is 14.3. The van der Waals surface area contributed by atoms with E-state index in [1.165, 1.54) is 16.9 Å². The van der Waals surface area contributed by atoms with E-state index in [0.29, 0.717) is 44.2 Å². The highest BCUT2D eigenvalue weighted by atomic mass is 19.1. The van der Waals surface area contributed by atoms with Gasteiger partial charge in [-0.25, -0.2) is 9.18 Å². The van der Waals surface area contributed by atoms with Gasteiger partial charge in [0.25, 0.3) is 0 Å². The van der Waals surface area contributed by atoms with Crippen molar-refractivity contribution in [2.24, 2.45) is 0 Å². The van der Waals surface area contributed by atoms with E-state index in [4.69, 9.17) is 4.74 Å². The molecule has 0 unspecified atom stereocenters. The van der Waals surface area contributed by atoms with Crippen LogP contribution in [0.1, 0.15) is 6.92 Å². The number of rotatable bonds is 4. The Bertz CT molecular complexity index is 771. The van der Waals surface area contributed by atoms with Crippen LogP contribution in [0.4, 0.5) is 9.18 Å². The SMILES string of the molecule is CCOC(=O)N1CCN(C(=O)Cn2nnc(-c3ccc(F)cc3)n2)CC1. The molecule has 0 aliphatic carbocycles. The molecule has 2 heterocycles. The number of hydrogen-bond donors (Lipinski definition) is 0. The summed E-state index contributed by atoms with van der Waals surface area (Å²) in [5.41, 5.74) is 0.619. The third-order valence-electron chi connectivity index (χ3n) is 3.99. The van der Waals surface area contributed by atoms with Crippen molar-refractivity contribution in [3.05, 3.63) is 30.1 Å². The quantitative estimate of drug-likeness (QED) is 0.798. The first kappa shape index (κ1) is 17.8. The minimum atomic E-state index is -0.360. The Morgan fingerprint density at radius 1 is 1.12 bits per heavy atom. The fourth-order valence-corrected chi connectivity index (χ4v) is 2.60. The number of hydrogen-bond acceptors (Lipinski definition) is 6. The number of piperazine rings is 1. The van der Waals surface area contributed by atoms with E-state index in [-0.39, 0.29) is 24.4 Å². The van der Waals surface area contributed by atoms with Gasteiger partial charge < -0.3 is 14.5 Å². The highest BCUT2D eigenvalue weighted by Gasteiger charge is 2.25. The fourth-order valence-electron chi connectivity index (χ4n) is 2.60. The van der Waals surface area contributed by atoms with Gasteiger partial charge in [-0.3, -0.25) is 4.79 Å². The molecule has 3 rings (SSSR count). The molecule has 0 atom stereocenters. The van der Waals surface area contributed by atoms with Crippen molar-refractivity contribution in [3.63, 3.8) is 0 Å². The molecule has 1 fully saturated rings. The number of benzene rings is 1. The van der Waals surface area contributed by atoms with Crippen molar-refractivity contribution in [2.45, 2.75) is 13.5 Å². The van der Waals surface area contributed by atoms with Crippen LogP contribution in [0.25, 0.3) is 11.4 Å². The average molecular weight is 362 g/mol. The summed E-state index contributed by atoms with van der Waals surface area (Å²) in [6.45, 7) is 3.74. The van der Waals surface area contributed by atoms with Crippen molar-refractivity contribution < 1.29 is 18.7 Å². The number of tetrazole rings is 1. The number of carbonyl (C=O) groups is 2. The number of nitrogens with zero attached hydrogens (tertiary/aromatic N) is 6. The van der Waals surface area contributed by atoms with Gasteiger partial charge in [0.15, 0.2) is 0 Å². The monoisotopic (exact) mass is 362 g/mol. The molecule has 1 aliphatic rings. The van der Waals surface area contributed by atoms with E-state index in [9.17, 15) is 14.0 Å². The van der Waals surface area contributed by atoms with Crippen LogP contribution in [-0.2, 0) is 16.1 Å². The summed E-state index contributed by atoms with van der Waals surface area (Å²) in [5, 5.41) is 11.9. The predicted molar refractivity (Wildman–Crippen MR) is 88.4 cm³/mol. The zero-order valence-corrected chi connectivity index (χ0v) is 14.3. The highest BCUT2D eigenvalue weighted by molar-refractivity contribution is 5.76. The summed E-state index contributed by atoms with van der Waals surface area (Å²) in [6.07, 6.45) is -0.360. The number of amides is 2. The second kappa shape index (κ2) is 7.89. The topological polar surface area (TPSA) is 93.5 Å². The van der Waals surface area contributed by atoms with Gasteiger partial charge in [0, 0.05) is 31.7 Å². The van der Waals surface area contributed by atoms with E-state index in [0.717, 1.165) is 0 Å². The van der Waals surface area contributed by atoms with E-state index >= 15 is 0 Å². The molecule has 1 saturated heterocycles. The second-order valence-corrected chi connectivity index (χ2v) is 5.72. The largest absolute Gasteiger partial charge is 0.450 e. The van der Waals surface area contributed by atoms with Crippen molar-refractivity contribution in [1.82, 2.24) is 30.0 Å². The van der Waals surface area contributed by atoms with Crippen LogP contribution in [0.5, 0.6) is 0 Å². The Kier molecular flexibility index (Phi) is 5.40. The Morgan fingerprint density at radius 2 is 1.77 bits per heavy atom. The summed E-state index contributed by atoms with van der Waals surface area (Å²) in [5.74, 6) is -0.181. The van der Waals surface area contributed by atoms with Crippen molar-refractivity contribution in [1.29, 1.82) is 0 Å². The van der Waals surface area contributed by atoms with Gasteiger partial charge in [-0.2, -0.15) is 4.80 Å². The van der Waals surface area contributed by atoms with Gasteiger partial charge in [0.2, 0.25) is 11.7 Å². The lowest BCUT2D eigenvalue weighted by Crippen LogP contribution is -2.51. The first-order valence-electron chi connectivity index (χ1n) is 8.30. The Balaban J connectivity index is 1.54. The molecule has 0 radical (unpaired) electrons. The second-order valence-electron chi connectivity index (χ2n) is 5.72. The smallest absolute Gasteiger partial charge is 0.409 e. The third-order valence-corrected chi connectivity index (χ3v) is 3.99. The molecule has 0 bridgehead atoms. The standard InChI is InChI=1S/C16H19FN6O3/c1-2-26-16(25)22-9-7-21(8-10-22)14(24)11-23-19-15(18-20-23)12-3-5-13(17)6-4-12/h3-6H,2,7-11H2,1H3. The van der Waals surface area contributed by atoms with Crippen LogP contribution in [0.15, 0.2) is 24.3 Å². The van der Waals surface area contributed by atoms with Gasteiger partial charge in [-0.15, -0.1) is 10.2 Å². The first-order valence-corrected chi connectivity index (χ1v) is 8.30. The molecule has 1 aromatic heterocycles. The molecule has 0 saturated carbocycles. The summed E-state index contributed by atoms with van der Waals surface area (Å²) >= 11 is 0. The van der Waals surface area contributed by atoms with Crippen molar-refractivity contribution in [2.75, 3.05) is 32.8 Å². The fraction of sp³-hybridized carbons (Fsp3) is 0.438. The lowest BCUT2D eigenvalue weighted by Gasteiger charge is -2.33. The average Bonchev–Trinajstić information content (AvgIpc) is 3.11. The minimum Gasteiger partial charge on any atom is -0.450 e. The molecule has 2 amide bonds. The van der Waals surface area contributed by atoms with Crippen LogP contribution < -0.4 is 0 Å². The number of ether oxygens (including phenoxy) is 1. The van der Waals surface area contributed by atoms with E-state index in [1.807, 2.05) is 0 Å². The van der Waals surface area contributed by atoms with Gasteiger partial charge in [-0.1, -0.05) is 0 Å². The molecule has 0 spiro atoms. The predicted octanol–water partition coefficient (Wildman–Crippen LogP) is 0.780. The number of aromatic nitrogens is 4. The van der Waals surface area contributed by atoms with Crippen LogP contribution in [-0.4, -0.2) is 74.8 Å². The minimum absolute atomic E-state index is 0.0480. The maximum Gasteiger partial charge on any atom is 0.409 e. The molecule has 10 heteroatoms. The molecule has 138 valence electrons. The molecule has 26 heavy (non-hydrogen) atoms. The maximum absolute atomic E-state index is 13.0. The normalized spacial score (nSPS) is 14.4. The number of carbonyl (C=O) groups excluding carboxylic acids is 2. The van der Waals surface area contributed by atoms with Crippen LogP contribution in [0.2, 0.25) is 0 Å². The Morgan fingerprint density at radius 3 is 2.42 bits per heavy atom. The summed E-state index contributed by atoms with van der Waals surface area (Å²) in [4.78, 5) is 28.5. The highest BCUT2D eigenvalue weighted by Crippen LogP contribution is 2.13. The van der Waals surface area contributed by atoms with Gasteiger partial charge in [0.05, 0.1) is 6.61 Å². The maximum atomic E-state index is 13.0.